The molecule has 0 saturated carbocycles. The van der Waals surface area contributed by atoms with Crippen LogP contribution in [0.4, 0.5) is 5.69 Å². The van der Waals surface area contributed by atoms with E-state index in [0.29, 0.717) is 0 Å². The number of hydrogen-bond donors (Lipinski definition) is 1. The van der Waals surface area contributed by atoms with Crippen molar-refractivity contribution in [3.05, 3.63) is 18.2 Å². The summed E-state index contributed by atoms with van der Waals surface area (Å²) in [6.07, 6.45) is 3.69. The number of hydrogen-bond acceptors (Lipinski definition) is 3. The van der Waals surface area contributed by atoms with Crippen molar-refractivity contribution >= 4 is 5.69 Å². The highest BCUT2D eigenvalue weighted by Crippen LogP contribution is 2.25. The predicted octanol–water partition coefficient (Wildman–Crippen LogP) is 3.31. The van der Waals surface area contributed by atoms with E-state index in [1.165, 1.54) is 19.3 Å². The molecule has 1 aromatic carbocycles. The molecule has 0 unspecified atom stereocenters. The molecule has 0 aliphatic rings. The van der Waals surface area contributed by atoms with E-state index in [1.54, 1.807) is 14.2 Å². The van der Waals surface area contributed by atoms with Crippen LogP contribution < -0.4 is 14.8 Å². The highest BCUT2D eigenvalue weighted by Gasteiger charge is 2.00. The summed E-state index contributed by atoms with van der Waals surface area (Å²) >= 11 is 0. The van der Waals surface area contributed by atoms with E-state index in [2.05, 4.69) is 12.2 Å². The number of benzene rings is 1. The van der Waals surface area contributed by atoms with Crippen molar-refractivity contribution in [2.75, 3.05) is 26.1 Å². The van der Waals surface area contributed by atoms with E-state index in [1.807, 2.05) is 18.2 Å². The molecule has 0 fully saturated rings. The summed E-state index contributed by atoms with van der Waals surface area (Å²) in [6.45, 7) is 3.19. The summed E-state index contributed by atoms with van der Waals surface area (Å²) < 4.78 is 10.4. The van der Waals surface area contributed by atoms with Crippen LogP contribution in [0.1, 0.15) is 26.2 Å². The molecule has 3 heteroatoms. The normalized spacial score (nSPS) is 9.94. The van der Waals surface area contributed by atoms with E-state index >= 15 is 0 Å². The van der Waals surface area contributed by atoms with Crippen molar-refractivity contribution in [2.45, 2.75) is 26.2 Å². The van der Waals surface area contributed by atoms with Crippen molar-refractivity contribution in [1.82, 2.24) is 0 Å². The van der Waals surface area contributed by atoms with Gasteiger partial charge in [-0.05, 0) is 6.42 Å². The number of anilines is 1. The summed E-state index contributed by atoms with van der Waals surface area (Å²) in [5.41, 5.74) is 1.05. The molecule has 0 spiro atoms. The Hall–Kier alpha value is -1.38. The standard InChI is InChI=1S/C13H21NO2/c1-4-5-6-7-14-11-8-12(15-2)10-13(9-11)16-3/h8-10,14H,4-7H2,1-3H3. The van der Waals surface area contributed by atoms with Gasteiger partial charge in [0.2, 0.25) is 0 Å². The fourth-order valence-corrected chi connectivity index (χ4v) is 1.52. The van der Waals surface area contributed by atoms with Crippen LogP contribution in [-0.4, -0.2) is 20.8 Å². The van der Waals surface area contributed by atoms with Crippen LogP contribution in [0.5, 0.6) is 11.5 Å². The van der Waals surface area contributed by atoms with Gasteiger partial charge in [0.15, 0.2) is 0 Å². The van der Waals surface area contributed by atoms with Gasteiger partial charge in [-0.15, -0.1) is 0 Å². The Kier molecular flexibility index (Phi) is 5.54. The molecule has 0 radical (unpaired) electrons. The fourth-order valence-electron chi connectivity index (χ4n) is 1.52. The smallest absolute Gasteiger partial charge is 0.124 e. The maximum Gasteiger partial charge on any atom is 0.124 e. The molecule has 1 aromatic rings. The Balaban J connectivity index is 2.57. The van der Waals surface area contributed by atoms with Crippen molar-refractivity contribution in [2.24, 2.45) is 0 Å². The van der Waals surface area contributed by atoms with Gasteiger partial charge < -0.3 is 14.8 Å². The molecule has 0 saturated heterocycles. The zero-order valence-electron chi connectivity index (χ0n) is 10.4. The molecule has 3 nitrogen and oxygen atoms in total. The lowest BCUT2D eigenvalue weighted by atomic mass is 10.2. The molecule has 1 rings (SSSR count). The Morgan fingerprint density at radius 2 is 1.62 bits per heavy atom. The average molecular weight is 223 g/mol. The van der Waals surface area contributed by atoms with Gasteiger partial charge in [0, 0.05) is 30.4 Å². The van der Waals surface area contributed by atoms with Crippen LogP contribution in [0.3, 0.4) is 0 Å². The van der Waals surface area contributed by atoms with Gasteiger partial charge in [0.25, 0.3) is 0 Å². The minimum atomic E-state index is 0.817. The SMILES string of the molecule is CCCCCNc1cc(OC)cc(OC)c1. The van der Waals surface area contributed by atoms with Crippen LogP contribution in [0.15, 0.2) is 18.2 Å². The summed E-state index contributed by atoms with van der Waals surface area (Å²) in [4.78, 5) is 0. The molecule has 90 valence electrons. The van der Waals surface area contributed by atoms with Crippen molar-refractivity contribution < 1.29 is 9.47 Å². The first-order valence-electron chi connectivity index (χ1n) is 5.77. The molecule has 0 heterocycles. The molecule has 1 N–H and O–H groups in total. The Morgan fingerprint density at radius 1 is 1.00 bits per heavy atom. The zero-order valence-corrected chi connectivity index (χ0v) is 10.4. The second-order valence-corrected chi connectivity index (χ2v) is 3.74. The number of ether oxygens (including phenoxy) is 2. The topological polar surface area (TPSA) is 30.5 Å². The summed E-state index contributed by atoms with van der Waals surface area (Å²) in [6, 6.07) is 5.83. The third kappa shape index (κ3) is 4.01. The molecule has 0 aliphatic heterocycles. The van der Waals surface area contributed by atoms with Gasteiger partial charge in [0.05, 0.1) is 14.2 Å². The molecule has 0 atom stereocenters. The van der Waals surface area contributed by atoms with E-state index < -0.39 is 0 Å². The van der Waals surface area contributed by atoms with Crippen molar-refractivity contribution in [3.63, 3.8) is 0 Å². The monoisotopic (exact) mass is 223 g/mol. The second-order valence-electron chi connectivity index (χ2n) is 3.74. The third-order valence-corrected chi connectivity index (χ3v) is 2.46. The third-order valence-electron chi connectivity index (χ3n) is 2.46. The molecule has 0 aromatic heterocycles. The Labute approximate surface area is 97.8 Å². The summed E-state index contributed by atoms with van der Waals surface area (Å²) in [5.74, 6) is 1.63. The lowest BCUT2D eigenvalue weighted by molar-refractivity contribution is 0.394. The highest BCUT2D eigenvalue weighted by atomic mass is 16.5. The lowest BCUT2D eigenvalue weighted by Crippen LogP contribution is -2.01. The molecule has 0 bridgehead atoms. The number of rotatable bonds is 7. The first kappa shape index (κ1) is 12.7. The van der Waals surface area contributed by atoms with Crippen LogP contribution >= 0.6 is 0 Å². The summed E-state index contributed by atoms with van der Waals surface area (Å²) in [7, 11) is 3.32. The van der Waals surface area contributed by atoms with Crippen molar-refractivity contribution in [1.29, 1.82) is 0 Å². The maximum atomic E-state index is 5.20. The minimum absolute atomic E-state index is 0.817. The Bertz CT molecular complexity index is 291. The van der Waals surface area contributed by atoms with E-state index in [-0.39, 0.29) is 0 Å². The molecule has 0 amide bonds. The van der Waals surface area contributed by atoms with Crippen LogP contribution in [0, 0.1) is 0 Å². The van der Waals surface area contributed by atoms with Crippen LogP contribution in [-0.2, 0) is 0 Å². The fraction of sp³-hybridized carbons (Fsp3) is 0.538. The van der Waals surface area contributed by atoms with Gasteiger partial charge in [-0.3, -0.25) is 0 Å². The van der Waals surface area contributed by atoms with Gasteiger partial charge in [-0.1, -0.05) is 19.8 Å². The van der Waals surface area contributed by atoms with Gasteiger partial charge >= 0.3 is 0 Å². The highest BCUT2D eigenvalue weighted by molar-refractivity contribution is 5.53. The van der Waals surface area contributed by atoms with Gasteiger partial charge in [0.1, 0.15) is 11.5 Å². The molecular weight excluding hydrogens is 202 g/mol. The molecule has 16 heavy (non-hydrogen) atoms. The van der Waals surface area contributed by atoms with Gasteiger partial charge in [-0.2, -0.15) is 0 Å². The molecular formula is C13H21NO2. The number of unbranched alkanes of at least 4 members (excludes halogenated alkanes) is 2. The minimum Gasteiger partial charge on any atom is -0.497 e. The lowest BCUT2D eigenvalue weighted by Gasteiger charge is -2.10. The van der Waals surface area contributed by atoms with Crippen LogP contribution in [0.2, 0.25) is 0 Å². The first-order valence-corrected chi connectivity index (χ1v) is 5.77. The van der Waals surface area contributed by atoms with Gasteiger partial charge in [-0.25, -0.2) is 0 Å². The quantitative estimate of drug-likeness (QED) is 0.719. The number of nitrogens with one attached hydrogen (secondary N) is 1. The van der Waals surface area contributed by atoms with Crippen molar-refractivity contribution in [3.8, 4) is 11.5 Å². The predicted molar refractivity (Wildman–Crippen MR) is 67.6 cm³/mol. The first-order chi connectivity index (χ1) is 7.80. The Morgan fingerprint density at radius 3 is 2.12 bits per heavy atom. The maximum absolute atomic E-state index is 5.20. The van der Waals surface area contributed by atoms with E-state index in [9.17, 15) is 0 Å². The average Bonchev–Trinajstić information content (AvgIpc) is 2.34. The second kappa shape index (κ2) is 6.99. The summed E-state index contributed by atoms with van der Waals surface area (Å²) in [5, 5.41) is 3.37. The molecule has 0 aliphatic carbocycles. The van der Waals surface area contributed by atoms with E-state index in [4.69, 9.17) is 9.47 Å². The van der Waals surface area contributed by atoms with Crippen LogP contribution in [0.25, 0.3) is 0 Å². The zero-order chi connectivity index (χ0) is 11.8. The number of methoxy groups -OCH3 is 2. The largest absolute Gasteiger partial charge is 0.497 e. The van der Waals surface area contributed by atoms with E-state index in [0.717, 1.165) is 23.7 Å².